The second-order valence-electron chi connectivity index (χ2n) is 18.8. The van der Waals surface area contributed by atoms with Gasteiger partial charge in [0.2, 0.25) is 65.0 Å². The van der Waals surface area contributed by atoms with E-state index in [1.165, 1.54) is 34.1 Å². The van der Waals surface area contributed by atoms with Crippen LogP contribution in [-0.2, 0) is 64.0 Å². The molecular weight excluding hydrogens is 1010 g/mol. The van der Waals surface area contributed by atoms with Gasteiger partial charge in [-0.2, -0.15) is 0 Å². The van der Waals surface area contributed by atoms with Gasteiger partial charge in [0.15, 0.2) is 0 Å². The van der Waals surface area contributed by atoms with E-state index in [0.29, 0.717) is 18.4 Å². The molecule has 3 aliphatic rings. The third-order valence-corrected chi connectivity index (χ3v) is 15.0. The molecular formula is C46H68N12O14S2. The van der Waals surface area contributed by atoms with E-state index in [2.05, 4.69) is 37.2 Å². The molecule has 1 aromatic carbocycles. The number of likely N-dealkylation sites (tertiary alicyclic amines) is 1. The van der Waals surface area contributed by atoms with Crippen molar-refractivity contribution < 1.29 is 67.7 Å². The minimum Gasteiger partial charge on any atom is -0.508 e. The number of aromatic hydroxyl groups is 1. The zero-order valence-corrected chi connectivity index (χ0v) is 43.2. The lowest BCUT2D eigenvalue weighted by Gasteiger charge is -2.43. The number of benzene rings is 1. The van der Waals surface area contributed by atoms with Gasteiger partial charge in [-0.1, -0.05) is 67.8 Å². The summed E-state index contributed by atoms with van der Waals surface area (Å²) >= 11 is 0. The van der Waals surface area contributed by atoms with Crippen molar-refractivity contribution in [3.8, 4) is 5.75 Å². The standard InChI is InChI=1S/C46H68N12O14S2/c1-5-23(4)37-44(70)55-31-19-58(37)45(71)30(16-24-8-10-25(59)11-9-24)54-38(64)26(47)20-73-74-21-32(56-41(67)29(17-35(49)61)52-40(66)27(51-42(31)68)12-13-34(48)60)46(72)57-14-6-7-33(57)43(69)53-28(15-22(2)3)39(65)50-18-36(62)63/h8-11,22-23,26-33,37,59H,5-7,12-21,47H2,1-4H3,(H2,48,60)(H2,49,61)(H,50,65)(H,51,68)(H,52,66)(H,53,69)(H,54,64)(H,55,70)(H,56,67)(H,62,63)/t23?,26-,27-,28-,29-,30-,31+,32-,33-,37-/m0/s1. The molecule has 15 N–H and O–H groups in total. The van der Waals surface area contributed by atoms with Crippen molar-refractivity contribution in [1.29, 1.82) is 0 Å². The SMILES string of the molecule is CCC(C)[C@H]1C(=O)N[C@@H]2CN1C(=O)[C@H](Cc1ccc(O)cc1)NC(=O)[C@@H](N)CSSC[C@@H](C(=O)N1CCC[C@H]1C(=O)N[C@@H](CC(C)C)C(=O)NCC(=O)O)NC(=O)[C@H](CC(N)=O)NC(=O)[C@H](CCC(N)=O)NC2=O. The molecule has 3 aliphatic heterocycles. The van der Waals surface area contributed by atoms with E-state index in [1.54, 1.807) is 27.7 Å². The fourth-order valence-corrected chi connectivity index (χ4v) is 10.8. The average molecular weight is 1080 g/mol. The summed E-state index contributed by atoms with van der Waals surface area (Å²) in [5.41, 5.74) is 17.8. The predicted molar refractivity (Wildman–Crippen MR) is 268 cm³/mol. The van der Waals surface area contributed by atoms with Crippen molar-refractivity contribution in [1.82, 2.24) is 47.0 Å². The molecule has 3 heterocycles. The van der Waals surface area contributed by atoms with E-state index in [-0.39, 0.29) is 49.0 Å². The van der Waals surface area contributed by atoms with E-state index in [0.717, 1.165) is 21.6 Å². The monoisotopic (exact) mass is 1080 g/mol. The lowest BCUT2D eigenvalue weighted by Crippen LogP contribution is -2.69. The van der Waals surface area contributed by atoms with Crippen molar-refractivity contribution in [3.63, 3.8) is 0 Å². The van der Waals surface area contributed by atoms with Crippen LogP contribution in [0.25, 0.3) is 0 Å². The molecule has 1 aromatic rings. The van der Waals surface area contributed by atoms with E-state index in [1.807, 2.05) is 0 Å². The highest BCUT2D eigenvalue weighted by atomic mass is 33.1. The van der Waals surface area contributed by atoms with Gasteiger partial charge in [0, 0.05) is 30.9 Å². The van der Waals surface area contributed by atoms with Gasteiger partial charge in [-0.25, -0.2) is 0 Å². The first-order valence-electron chi connectivity index (χ1n) is 24.2. The number of aliphatic carboxylic acids is 1. The van der Waals surface area contributed by atoms with Crippen molar-refractivity contribution in [3.05, 3.63) is 29.8 Å². The molecule has 0 radical (unpaired) electrons. The summed E-state index contributed by atoms with van der Waals surface area (Å²) in [5.74, 6) is -12.2. The molecule has 4 rings (SSSR count). The number of carboxylic acid groups (broad SMARTS) is 1. The third-order valence-electron chi connectivity index (χ3n) is 12.5. The van der Waals surface area contributed by atoms with Gasteiger partial charge in [0.05, 0.1) is 19.0 Å². The minimum absolute atomic E-state index is 0.00983. The van der Waals surface area contributed by atoms with E-state index >= 15 is 0 Å². The highest BCUT2D eigenvalue weighted by Gasteiger charge is 2.46. The molecule has 3 fully saturated rings. The Balaban J connectivity index is 1.74. The van der Waals surface area contributed by atoms with Crippen LogP contribution in [0.1, 0.15) is 78.2 Å². The number of carbonyl (C=O) groups excluding carboxylic acids is 11. The maximum atomic E-state index is 14.8. The van der Waals surface area contributed by atoms with Gasteiger partial charge in [-0.05, 0) is 55.2 Å². The summed E-state index contributed by atoms with van der Waals surface area (Å²) in [7, 11) is 1.98. The Labute approximate surface area is 435 Å². The quantitative estimate of drug-likeness (QED) is 0.0666. The van der Waals surface area contributed by atoms with Crippen LogP contribution in [0.5, 0.6) is 5.75 Å². The highest BCUT2D eigenvalue weighted by Crippen LogP contribution is 2.27. The molecule has 0 saturated carbocycles. The van der Waals surface area contributed by atoms with Crippen LogP contribution >= 0.6 is 21.6 Å². The zero-order chi connectivity index (χ0) is 55.0. The Morgan fingerprint density at radius 3 is 2.07 bits per heavy atom. The summed E-state index contributed by atoms with van der Waals surface area (Å²) in [6.07, 6.45) is -0.965. The molecule has 0 aromatic heterocycles. The number of nitrogens with two attached hydrogens (primary N) is 3. The van der Waals surface area contributed by atoms with Gasteiger partial charge in [-0.15, -0.1) is 0 Å². The maximum absolute atomic E-state index is 14.8. The molecule has 1 unspecified atom stereocenters. The molecule has 74 heavy (non-hydrogen) atoms. The van der Waals surface area contributed by atoms with Crippen LogP contribution in [0.4, 0.5) is 0 Å². The number of hydrogen-bond donors (Lipinski definition) is 12. The number of nitrogens with zero attached hydrogens (tertiary/aromatic N) is 2. The van der Waals surface area contributed by atoms with Crippen LogP contribution in [-0.4, -0.2) is 176 Å². The summed E-state index contributed by atoms with van der Waals surface area (Å²) < 4.78 is 0. The van der Waals surface area contributed by atoms with E-state index < -0.39 is 164 Å². The van der Waals surface area contributed by atoms with Gasteiger partial charge >= 0.3 is 5.97 Å². The number of hydrogen-bond acceptors (Lipinski definition) is 16. The van der Waals surface area contributed by atoms with Crippen molar-refractivity contribution in [2.45, 2.75) is 133 Å². The lowest BCUT2D eigenvalue weighted by molar-refractivity contribution is -0.151. The Morgan fingerprint density at radius 2 is 1.45 bits per heavy atom. The first-order valence-corrected chi connectivity index (χ1v) is 26.7. The summed E-state index contributed by atoms with van der Waals surface area (Å²) in [5, 5.41) is 36.6. The molecule has 0 spiro atoms. The second kappa shape index (κ2) is 28.1. The predicted octanol–water partition coefficient (Wildman–Crippen LogP) is -3.80. The average Bonchev–Trinajstić information content (AvgIpc) is 3.84. The normalized spacial score (nSPS) is 25.4. The topological polar surface area (TPSA) is 414 Å². The first-order chi connectivity index (χ1) is 34.9. The van der Waals surface area contributed by atoms with Gasteiger partial charge < -0.3 is 74.4 Å². The fraction of sp³-hybridized carbons (Fsp3) is 0.609. The van der Waals surface area contributed by atoms with Crippen LogP contribution < -0.4 is 54.4 Å². The number of carboxylic acids is 1. The highest BCUT2D eigenvalue weighted by molar-refractivity contribution is 8.76. The van der Waals surface area contributed by atoms with Crippen LogP contribution in [0.3, 0.4) is 0 Å². The minimum atomic E-state index is -1.81. The number of phenols is 1. The van der Waals surface area contributed by atoms with Gasteiger partial charge in [-0.3, -0.25) is 57.5 Å². The Kier molecular flexibility index (Phi) is 22.8. The first kappa shape index (κ1) is 59.9. The molecule has 26 nitrogen and oxygen atoms in total. The lowest BCUT2D eigenvalue weighted by atomic mass is 9.92. The molecule has 11 amide bonds. The molecule has 10 atom stereocenters. The third kappa shape index (κ3) is 17.5. The molecule has 408 valence electrons. The second-order valence-corrected chi connectivity index (χ2v) is 21.4. The van der Waals surface area contributed by atoms with Crippen LogP contribution in [0, 0.1) is 11.8 Å². The smallest absolute Gasteiger partial charge is 0.322 e. The van der Waals surface area contributed by atoms with Gasteiger partial charge in [0.25, 0.3) is 0 Å². The number of phenolic OH excluding ortho intramolecular Hbond substituents is 1. The summed E-state index contributed by atoms with van der Waals surface area (Å²) in [6.45, 7) is 5.92. The fourth-order valence-electron chi connectivity index (χ4n) is 8.50. The van der Waals surface area contributed by atoms with E-state index in [9.17, 15) is 62.6 Å². The molecule has 3 saturated heterocycles. The largest absolute Gasteiger partial charge is 0.508 e. The number of primary amides is 2. The van der Waals surface area contributed by atoms with Crippen LogP contribution in [0.15, 0.2) is 24.3 Å². The van der Waals surface area contributed by atoms with Crippen molar-refractivity contribution in [2.24, 2.45) is 29.0 Å². The van der Waals surface area contributed by atoms with Gasteiger partial charge in [0.1, 0.15) is 60.6 Å². The van der Waals surface area contributed by atoms with E-state index in [4.69, 9.17) is 22.3 Å². The number of piperazine rings is 1. The number of nitrogens with one attached hydrogen (secondary N) is 7. The molecule has 0 aliphatic carbocycles. The number of rotatable bonds is 17. The Bertz CT molecular complexity index is 2270. The summed E-state index contributed by atoms with van der Waals surface area (Å²) in [4.78, 5) is 164. The number of fused-ring (bicyclic) bond motifs is 2. The maximum Gasteiger partial charge on any atom is 0.322 e. The molecule has 2 bridgehead atoms. The Hall–Kier alpha value is -6.68. The number of amides is 11. The molecule has 28 heteroatoms. The van der Waals surface area contributed by atoms with Crippen LogP contribution in [0.2, 0.25) is 0 Å². The van der Waals surface area contributed by atoms with Crippen molar-refractivity contribution in [2.75, 3.05) is 31.1 Å². The Morgan fingerprint density at radius 1 is 0.811 bits per heavy atom. The number of carbonyl (C=O) groups is 12. The van der Waals surface area contributed by atoms with Crippen molar-refractivity contribution >= 4 is 92.5 Å². The summed E-state index contributed by atoms with van der Waals surface area (Å²) in [6, 6.07) is -6.87. The zero-order valence-electron chi connectivity index (χ0n) is 41.6.